The van der Waals surface area contributed by atoms with E-state index < -0.39 is 5.97 Å². The molecule has 0 bridgehead atoms. The molecule has 1 saturated carbocycles. The summed E-state index contributed by atoms with van der Waals surface area (Å²) >= 11 is 2.14. The highest BCUT2D eigenvalue weighted by molar-refractivity contribution is 7.99. The number of carboxylic acid groups (broad SMARTS) is 1. The van der Waals surface area contributed by atoms with E-state index in [1.165, 1.54) is 31.4 Å². The smallest absolute Gasteiger partial charge is 0.303 e. The summed E-state index contributed by atoms with van der Waals surface area (Å²) in [5.74, 6) is 1.28. The summed E-state index contributed by atoms with van der Waals surface area (Å²) < 4.78 is 5.42. The molecule has 0 radical (unpaired) electrons. The molecule has 35 heavy (non-hydrogen) atoms. The minimum absolute atomic E-state index is 0.0520. The van der Waals surface area contributed by atoms with E-state index in [9.17, 15) is 15.0 Å². The summed E-state index contributed by atoms with van der Waals surface area (Å²) in [6.45, 7) is 3.06. The first kappa shape index (κ1) is 26.2. The van der Waals surface area contributed by atoms with Crippen LogP contribution in [0, 0.1) is 5.41 Å². The second-order valence-electron chi connectivity index (χ2n) is 10.3. The number of fused-ring (bicyclic) bond motifs is 1. The first-order chi connectivity index (χ1) is 17.0. The molecule has 4 rings (SSSR count). The Balaban J connectivity index is 1.36. The van der Waals surface area contributed by atoms with E-state index in [1.807, 2.05) is 18.2 Å². The third-order valence-corrected chi connectivity index (χ3v) is 9.45. The number of methoxy groups -OCH3 is 1. The highest BCUT2D eigenvalue weighted by Gasteiger charge is 2.36. The van der Waals surface area contributed by atoms with Crippen LogP contribution in [-0.4, -0.2) is 63.8 Å². The molecule has 0 atom stereocenters. The van der Waals surface area contributed by atoms with Crippen molar-refractivity contribution < 1.29 is 19.7 Å². The number of aromatic nitrogens is 1. The van der Waals surface area contributed by atoms with E-state index in [4.69, 9.17) is 4.74 Å². The molecule has 1 aromatic carbocycles. The number of benzene rings is 1. The van der Waals surface area contributed by atoms with Gasteiger partial charge in [0.2, 0.25) is 0 Å². The van der Waals surface area contributed by atoms with Crippen LogP contribution in [0.1, 0.15) is 68.9 Å². The third-order valence-electron chi connectivity index (χ3n) is 8.09. The van der Waals surface area contributed by atoms with Gasteiger partial charge in [0.1, 0.15) is 5.75 Å². The number of piperidine rings is 1. The lowest BCUT2D eigenvalue weighted by atomic mass is 9.72. The monoisotopic (exact) mass is 500 g/mol. The Bertz CT molecular complexity index is 979. The van der Waals surface area contributed by atoms with Crippen LogP contribution < -0.4 is 4.74 Å². The predicted octanol–water partition coefficient (Wildman–Crippen LogP) is 5.29. The minimum atomic E-state index is -0.689. The summed E-state index contributed by atoms with van der Waals surface area (Å²) in [6, 6.07) is 5.84. The first-order valence-corrected chi connectivity index (χ1v) is 14.2. The molecule has 1 saturated heterocycles. The number of carbonyl (C=O) groups is 1. The maximum atomic E-state index is 11.8. The number of aliphatic hydroxyl groups excluding tert-OH is 1. The zero-order chi connectivity index (χ0) is 24.7. The Morgan fingerprint density at radius 3 is 2.71 bits per heavy atom. The number of carboxylic acids is 1. The quantitative estimate of drug-likeness (QED) is 0.410. The van der Waals surface area contributed by atoms with Gasteiger partial charge in [-0.15, -0.1) is 0 Å². The summed E-state index contributed by atoms with van der Waals surface area (Å²) in [7, 11) is 1.65. The fourth-order valence-corrected chi connectivity index (χ4v) is 7.32. The van der Waals surface area contributed by atoms with Gasteiger partial charge in [-0.05, 0) is 92.8 Å². The van der Waals surface area contributed by atoms with Crippen molar-refractivity contribution in [1.29, 1.82) is 0 Å². The molecule has 1 aliphatic carbocycles. The Morgan fingerprint density at radius 1 is 1.26 bits per heavy atom. The molecule has 0 spiro atoms. The van der Waals surface area contributed by atoms with E-state index in [2.05, 4.69) is 21.6 Å². The van der Waals surface area contributed by atoms with Gasteiger partial charge in [0.25, 0.3) is 0 Å². The van der Waals surface area contributed by atoms with Crippen LogP contribution in [0.15, 0.2) is 24.4 Å². The lowest BCUT2D eigenvalue weighted by molar-refractivity contribution is -0.140. The molecule has 0 amide bonds. The molecule has 2 aromatic rings. The van der Waals surface area contributed by atoms with Crippen LogP contribution in [0.25, 0.3) is 10.9 Å². The average molecular weight is 501 g/mol. The number of thioether (sulfide) groups is 1. The van der Waals surface area contributed by atoms with Gasteiger partial charge < -0.3 is 19.8 Å². The largest absolute Gasteiger partial charge is 0.497 e. The number of aryl methyl sites for hydroxylation is 1. The molecule has 7 heteroatoms. The van der Waals surface area contributed by atoms with Gasteiger partial charge in [-0.2, -0.15) is 11.8 Å². The molecular formula is C28H40N2O4S. The van der Waals surface area contributed by atoms with Crippen molar-refractivity contribution >= 4 is 28.6 Å². The highest BCUT2D eigenvalue weighted by Crippen LogP contribution is 2.40. The van der Waals surface area contributed by atoms with Crippen molar-refractivity contribution in [3.63, 3.8) is 0 Å². The van der Waals surface area contributed by atoms with Gasteiger partial charge in [-0.25, -0.2) is 0 Å². The van der Waals surface area contributed by atoms with Gasteiger partial charge in [0, 0.05) is 29.1 Å². The van der Waals surface area contributed by atoms with Crippen molar-refractivity contribution in [2.45, 2.75) is 76.1 Å². The van der Waals surface area contributed by atoms with Crippen molar-refractivity contribution in [1.82, 2.24) is 9.88 Å². The second-order valence-corrected chi connectivity index (χ2v) is 11.8. The van der Waals surface area contributed by atoms with Crippen molar-refractivity contribution in [2.24, 2.45) is 5.41 Å². The van der Waals surface area contributed by atoms with Crippen molar-refractivity contribution in [3.8, 4) is 5.75 Å². The van der Waals surface area contributed by atoms with Crippen LogP contribution in [0.4, 0.5) is 0 Å². The zero-order valence-electron chi connectivity index (χ0n) is 21.0. The van der Waals surface area contributed by atoms with E-state index in [0.29, 0.717) is 0 Å². The number of aliphatic hydroxyl groups is 1. The Morgan fingerprint density at radius 2 is 2.03 bits per heavy atom. The van der Waals surface area contributed by atoms with E-state index in [-0.39, 0.29) is 18.4 Å². The normalized spacial score (nSPS) is 18.8. The number of hydrogen-bond donors (Lipinski definition) is 2. The SMILES string of the molecule is COc1ccc2ncc(CO)c(CCCC3(CC(=O)O)CCN(CCSC4CCCC4)CC3)c2c1. The van der Waals surface area contributed by atoms with Gasteiger partial charge in [-0.1, -0.05) is 12.8 Å². The van der Waals surface area contributed by atoms with Crippen LogP contribution in [0.5, 0.6) is 5.75 Å². The van der Waals surface area contributed by atoms with Crippen molar-refractivity contribution in [3.05, 3.63) is 35.5 Å². The molecule has 0 unspecified atom stereocenters. The van der Waals surface area contributed by atoms with Crippen LogP contribution in [-0.2, 0) is 17.8 Å². The predicted molar refractivity (Wildman–Crippen MR) is 142 cm³/mol. The lowest BCUT2D eigenvalue weighted by Crippen LogP contribution is -2.42. The van der Waals surface area contributed by atoms with Gasteiger partial charge in [0.05, 0.1) is 25.7 Å². The number of aliphatic carboxylic acids is 1. The van der Waals surface area contributed by atoms with E-state index >= 15 is 0 Å². The first-order valence-electron chi connectivity index (χ1n) is 13.1. The van der Waals surface area contributed by atoms with Gasteiger partial charge in [-0.3, -0.25) is 9.78 Å². The fraction of sp³-hybridized carbons (Fsp3) is 0.643. The number of ether oxygens (including phenoxy) is 1. The molecule has 1 aromatic heterocycles. The summed E-state index contributed by atoms with van der Waals surface area (Å²) in [4.78, 5) is 18.8. The fourth-order valence-electron chi connectivity index (χ4n) is 5.96. The van der Waals surface area contributed by atoms with E-state index in [1.54, 1.807) is 13.3 Å². The second kappa shape index (κ2) is 12.4. The maximum absolute atomic E-state index is 11.8. The van der Waals surface area contributed by atoms with E-state index in [0.717, 1.165) is 84.8 Å². The Hall–Kier alpha value is -1.83. The number of pyridine rings is 1. The number of hydrogen-bond acceptors (Lipinski definition) is 6. The number of rotatable bonds is 12. The topological polar surface area (TPSA) is 82.9 Å². The molecule has 2 N–H and O–H groups in total. The standard InChI is InChI=1S/C28H40N2O4S/c1-34-22-8-9-26-25(17-22)24(21(20-31)19-29-26)7-4-10-28(18-27(32)33)11-13-30(14-12-28)15-16-35-23-5-2-3-6-23/h8-9,17,19,23,31H,2-7,10-16,18,20H2,1H3,(H,32,33). The molecule has 1 aliphatic heterocycles. The van der Waals surface area contributed by atoms with Gasteiger partial charge >= 0.3 is 5.97 Å². The van der Waals surface area contributed by atoms with Gasteiger partial charge in [0.15, 0.2) is 0 Å². The Kier molecular flexibility index (Phi) is 9.31. The van der Waals surface area contributed by atoms with Crippen LogP contribution >= 0.6 is 11.8 Å². The molecule has 2 aliphatic rings. The summed E-state index contributed by atoms with van der Waals surface area (Å²) in [5, 5.41) is 21.5. The zero-order valence-corrected chi connectivity index (χ0v) is 21.8. The summed E-state index contributed by atoms with van der Waals surface area (Å²) in [5.41, 5.74) is 2.69. The molecular weight excluding hydrogens is 460 g/mol. The highest BCUT2D eigenvalue weighted by atomic mass is 32.2. The molecule has 192 valence electrons. The maximum Gasteiger partial charge on any atom is 0.303 e. The average Bonchev–Trinajstić information content (AvgIpc) is 3.38. The molecule has 2 fully saturated rings. The Labute approximate surface area is 213 Å². The van der Waals surface area contributed by atoms with Crippen LogP contribution in [0.3, 0.4) is 0 Å². The minimum Gasteiger partial charge on any atom is -0.497 e. The third kappa shape index (κ3) is 6.89. The lowest BCUT2D eigenvalue weighted by Gasteiger charge is -2.41. The van der Waals surface area contributed by atoms with Crippen LogP contribution in [0.2, 0.25) is 0 Å². The number of likely N-dealkylation sites (tertiary alicyclic amines) is 1. The molecule has 2 heterocycles. The molecule has 6 nitrogen and oxygen atoms in total. The summed E-state index contributed by atoms with van der Waals surface area (Å²) in [6.07, 6.45) is 12.0. The number of nitrogens with zero attached hydrogens (tertiary/aromatic N) is 2. The van der Waals surface area contributed by atoms with Crippen molar-refractivity contribution in [2.75, 3.05) is 32.5 Å².